The molecule has 1 aromatic heterocycles. The molecule has 0 saturated carbocycles. The van der Waals surface area contributed by atoms with Gasteiger partial charge in [-0.15, -0.1) is 0 Å². The van der Waals surface area contributed by atoms with Gasteiger partial charge in [-0.1, -0.05) is 29.8 Å². The van der Waals surface area contributed by atoms with E-state index in [0.29, 0.717) is 12.5 Å². The monoisotopic (exact) mass is 409 g/mol. The standard InChI is InChI=1S/C19H15ClF3N3O2/c20-14-6-5-12(19(21,22)23)9-16(14)26-18(28)17(27)24-8-7-11-10-25-15-4-2-1-3-13(11)15/h1-6,9-10,25H,7-8H2,(H,24,27)(H,26,28). The average Bonchev–Trinajstić information content (AvgIpc) is 3.05. The lowest BCUT2D eigenvalue weighted by Gasteiger charge is -2.11. The summed E-state index contributed by atoms with van der Waals surface area (Å²) in [5.74, 6) is -2.06. The molecule has 28 heavy (non-hydrogen) atoms. The Morgan fingerprint density at radius 1 is 1.07 bits per heavy atom. The van der Waals surface area contributed by atoms with Crippen LogP contribution < -0.4 is 10.6 Å². The number of anilines is 1. The Balaban J connectivity index is 1.58. The van der Waals surface area contributed by atoms with E-state index in [1.54, 1.807) is 0 Å². The summed E-state index contributed by atoms with van der Waals surface area (Å²) in [6, 6.07) is 10.1. The van der Waals surface area contributed by atoms with Crippen LogP contribution in [-0.2, 0) is 22.2 Å². The number of fused-ring (bicyclic) bond motifs is 1. The van der Waals surface area contributed by atoms with Gasteiger partial charge in [-0.05, 0) is 36.2 Å². The topological polar surface area (TPSA) is 74.0 Å². The molecule has 3 rings (SSSR count). The molecule has 0 aliphatic rings. The number of benzene rings is 2. The van der Waals surface area contributed by atoms with Gasteiger partial charge >= 0.3 is 18.0 Å². The van der Waals surface area contributed by atoms with Crippen LogP contribution in [-0.4, -0.2) is 23.3 Å². The largest absolute Gasteiger partial charge is 0.416 e. The number of hydrogen-bond donors (Lipinski definition) is 3. The maximum absolute atomic E-state index is 12.8. The molecule has 3 aromatic rings. The van der Waals surface area contributed by atoms with Crippen molar-refractivity contribution in [3.63, 3.8) is 0 Å². The van der Waals surface area contributed by atoms with Crippen LogP contribution in [0.2, 0.25) is 5.02 Å². The molecule has 9 heteroatoms. The second-order valence-electron chi connectivity index (χ2n) is 6.01. The lowest BCUT2D eigenvalue weighted by molar-refractivity contribution is -0.137. The van der Waals surface area contributed by atoms with Crippen LogP contribution in [0.15, 0.2) is 48.7 Å². The predicted octanol–water partition coefficient (Wildman–Crippen LogP) is 4.14. The number of aromatic nitrogens is 1. The Morgan fingerprint density at radius 2 is 1.82 bits per heavy atom. The third kappa shape index (κ3) is 4.45. The minimum atomic E-state index is -4.59. The van der Waals surface area contributed by atoms with Gasteiger partial charge in [0, 0.05) is 23.6 Å². The van der Waals surface area contributed by atoms with E-state index in [4.69, 9.17) is 11.6 Å². The minimum absolute atomic E-state index is 0.104. The molecule has 0 radical (unpaired) electrons. The van der Waals surface area contributed by atoms with Gasteiger partial charge in [0.15, 0.2) is 0 Å². The van der Waals surface area contributed by atoms with Gasteiger partial charge in [0.1, 0.15) is 0 Å². The zero-order valence-corrected chi connectivity index (χ0v) is 15.1. The summed E-state index contributed by atoms with van der Waals surface area (Å²) < 4.78 is 38.3. The van der Waals surface area contributed by atoms with Crippen molar-refractivity contribution >= 4 is 40.0 Å². The Kier molecular flexibility index (Phi) is 5.60. The molecular weight excluding hydrogens is 395 g/mol. The summed E-state index contributed by atoms with van der Waals surface area (Å²) in [7, 11) is 0. The summed E-state index contributed by atoms with van der Waals surface area (Å²) in [4.78, 5) is 27.0. The van der Waals surface area contributed by atoms with Gasteiger partial charge in [-0.3, -0.25) is 9.59 Å². The van der Waals surface area contributed by atoms with E-state index in [2.05, 4.69) is 15.6 Å². The molecule has 3 N–H and O–H groups in total. The second-order valence-corrected chi connectivity index (χ2v) is 6.42. The van der Waals surface area contributed by atoms with Crippen molar-refractivity contribution in [2.45, 2.75) is 12.6 Å². The number of carbonyl (C=O) groups excluding carboxylic acids is 2. The highest BCUT2D eigenvalue weighted by Gasteiger charge is 2.31. The Labute approximate surface area is 162 Å². The van der Waals surface area contributed by atoms with Gasteiger partial charge in [-0.25, -0.2) is 0 Å². The van der Waals surface area contributed by atoms with Crippen LogP contribution in [0.3, 0.4) is 0 Å². The van der Waals surface area contributed by atoms with Crippen molar-refractivity contribution in [3.8, 4) is 0 Å². The number of H-pyrrole nitrogens is 1. The van der Waals surface area contributed by atoms with Crippen LogP contribution >= 0.6 is 11.6 Å². The van der Waals surface area contributed by atoms with E-state index in [9.17, 15) is 22.8 Å². The molecule has 0 unspecified atom stereocenters. The fraction of sp³-hybridized carbons (Fsp3) is 0.158. The third-order valence-electron chi connectivity index (χ3n) is 4.10. The summed E-state index contributed by atoms with van der Waals surface area (Å²) in [5.41, 5.74) is 0.665. The first kappa shape index (κ1) is 19.8. The van der Waals surface area contributed by atoms with Crippen LogP contribution in [0.1, 0.15) is 11.1 Å². The van der Waals surface area contributed by atoms with Crippen molar-refractivity contribution in [1.29, 1.82) is 0 Å². The minimum Gasteiger partial charge on any atom is -0.361 e. The molecule has 0 atom stereocenters. The van der Waals surface area contributed by atoms with Gasteiger partial charge in [0.05, 0.1) is 16.3 Å². The zero-order chi connectivity index (χ0) is 20.3. The van der Waals surface area contributed by atoms with Crippen molar-refractivity contribution in [2.24, 2.45) is 0 Å². The quantitative estimate of drug-likeness (QED) is 0.567. The number of alkyl halides is 3. The maximum atomic E-state index is 12.8. The summed E-state index contributed by atoms with van der Waals surface area (Å²) in [6.45, 7) is 0.185. The number of halogens is 4. The summed E-state index contributed by atoms with van der Waals surface area (Å²) in [5, 5.41) is 5.45. The molecule has 146 valence electrons. The molecule has 0 aliphatic carbocycles. The molecule has 0 bridgehead atoms. The normalized spacial score (nSPS) is 11.4. The third-order valence-corrected chi connectivity index (χ3v) is 4.43. The van der Waals surface area contributed by atoms with Gasteiger partial charge in [0.2, 0.25) is 0 Å². The molecule has 0 spiro atoms. The van der Waals surface area contributed by atoms with E-state index < -0.39 is 23.6 Å². The zero-order valence-electron chi connectivity index (χ0n) is 14.4. The highest BCUT2D eigenvalue weighted by molar-refractivity contribution is 6.41. The molecule has 0 aliphatic heterocycles. The van der Waals surface area contributed by atoms with Gasteiger partial charge in [-0.2, -0.15) is 13.2 Å². The van der Waals surface area contributed by atoms with Gasteiger partial charge < -0.3 is 15.6 Å². The van der Waals surface area contributed by atoms with Crippen molar-refractivity contribution in [1.82, 2.24) is 10.3 Å². The predicted molar refractivity (Wildman–Crippen MR) is 100 cm³/mol. The molecule has 0 fully saturated rings. The highest BCUT2D eigenvalue weighted by atomic mass is 35.5. The first-order chi connectivity index (χ1) is 13.3. The van der Waals surface area contributed by atoms with Crippen LogP contribution in [0.5, 0.6) is 0 Å². The second kappa shape index (κ2) is 7.93. The molecule has 0 saturated heterocycles. The molecule has 1 heterocycles. The number of carbonyl (C=O) groups is 2. The molecule has 2 amide bonds. The number of aromatic amines is 1. The fourth-order valence-electron chi connectivity index (χ4n) is 2.71. The Bertz CT molecular complexity index is 1030. The number of nitrogens with one attached hydrogen (secondary N) is 3. The number of hydrogen-bond acceptors (Lipinski definition) is 2. The lowest BCUT2D eigenvalue weighted by atomic mass is 10.1. The van der Waals surface area contributed by atoms with E-state index in [1.165, 1.54) is 0 Å². The van der Waals surface area contributed by atoms with E-state index in [-0.39, 0.29) is 17.3 Å². The molecular formula is C19H15ClF3N3O2. The van der Waals surface area contributed by atoms with Crippen LogP contribution in [0, 0.1) is 0 Å². The van der Waals surface area contributed by atoms with Crippen LogP contribution in [0.4, 0.5) is 18.9 Å². The molecule has 5 nitrogen and oxygen atoms in total. The maximum Gasteiger partial charge on any atom is 0.416 e. The van der Waals surface area contributed by atoms with Crippen molar-refractivity contribution in [3.05, 3.63) is 64.8 Å². The average molecular weight is 410 g/mol. The van der Waals surface area contributed by atoms with E-state index in [0.717, 1.165) is 28.6 Å². The van der Waals surface area contributed by atoms with Crippen molar-refractivity contribution in [2.75, 3.05) is 11.9 Å². The summed E-state index contributed by atoms with van der Waals surface area (Å²) >= 11 is 5.81. The number of para-hydroxylation sites is 1. The first-order valence-electron chi connectivity index (χ1n) is 8.26. The fourth-order valence-corrected chi connectivity index (χ4v) is 2.87. The van der Waals surface area contributed by atoms with E-state index in [1.807, 2.05) is 30.5 Å². The van der Waals surface area contributed by atoms with Crippen LogP contribution in [0.25, 0.3) is 10.9 Å². The Morgan fingerprint density at radius 3 is 2.57 bits per heavy atom. The highest BCUT2D eigenvalue weighted by Crippen LogP contribution is 2.33. The first-order valence-corrected chi connectivity index (χ1v) is 8.64. The number of amides is 2. The summed E-state index contributed by atoms with van der Waals surface area (Å²) in [6.07, 6.45) is -2.29. The SMILES string of the molecule is O=C(NCCc1c[nH]c2ccccc12)C(=O)Nc1cc(C(F)(F)F)ccc1Cl. The lowest BCUT2D eigenvalue weighted by Crippen LogP contribution is -2.36. The molecule has 2 aromatic carbocycles. The smallest absolute Gasteiger partial charge is 0.361 e. The van der Waals surface area contributed by atoms with E-state index >= 15 is 0 Å². The Hall–Kier alpha value is -3.00. The van der Waals surface area contributed by atoms with Gasteiger partial charge in [0.25, 0.3) is 0 Å². The van der Waals surface area contributed by atoms with Crippen molar-refractivity contribution < 1.29 is 22.8 Å². The number of rotatable bonds is 4.